The van der Waals surface area contributed by atoms with Crippen LogP contribution < -0.4 is 5.73 Å². The normalized spacial score (nSPS) is 10.9. The molecule has 2 aromatic heterocycles. The quantitative estimate of drug-likeness (QED) is 0.803. The fourth-order valence-electron chi connectivity index (χ4n) is 1.66. The minimum Gasteiger partial charge on any atom is -0.394 e. The molecule has 5 heteroatoms. The molecule has 0 aliphatic rings. The van der Waals surface area contributed by atoms with Gasteiger partial charge in [-0.15, -0.1) is 0 Å². The summed E-state index contributed by atoms with van der Waals surface area (Å²) in [5.74, 6) is 1.82. The molecular weight excluding hydrogens is 190 g/mol. The molecular formula is C10H15N5. The van der Waals surface area contributed by atoms with Crippen molar-refractivity contribution in [2.45, 2.75) is 27.3 Å². The van der Waals surface area contributed by atoms with E-state index in [1.807, 2.05) is 36.2 Å². The summed E-state index contributed by atoms with van der Waals surface area (Å²) in [6.07, 6.45) is 3.66. The summed E-state index contributed by atoms with van der Waals surface area (Å²) in [7, 11) is 0. The minimum atomic E-state index is 0.720. The predicted octanol–water partition coefficient (Wildman–Crippen LogP) is 1.29. The lowest BCUT2D eigenvalue weighted by Crippen LogP contribution is -2.08. The van der Waals surface area contributed by atoms with Gasteiger partial charge in [-0.05, 0) is 20.8 Å². The van der Waals surface area contributed by atoms with Crippen molar-refractivity contribution in [2.75, 3.05) is 5.73 Å². The smallest absolute Gasteiger partial charge is 0.160 e. The Bertz CT molecular complexity index is 480. The number of nitrogen functional groups attached to an aromatic ring is 1. The summed E-state index contributed by atoms with van der Waals surface area (Å²) in [5, 5.41) is 4.37. The summed E-state index contributed by atoms with van der Waals surface area (Å²) in [5.41, 5.74) is 7.59. The number of nitrogens with two attached hydrogens (primary N) is 1. The third kappa shape index (κ3) is 1.40. The van der Waals surface area contributed by atoms with Gasteiger partial charge >= 0.3 is 0 Å². The van der Waals surface area contributed by atoms with Gasteiger partial charge in [0.05, 0.1) is 11.4 Å². The van der Waals surface area contributed by atoms with Crippen LogP contribution in [0.3, 0.4) is 0 Å². The van der Waals surface area contributed by atoms with E-state index in [1.165, 1.54) is 0 Å². The summed E-state index contributed by atoms with van der Waals surface area (Å²) in [4.78, 5) is 4.19. The average molecular weight is 205 g/mol. The highest BCUT2D eigenvalue weighted by Gasteiger charge is 2.14. The van der Waals surface area contributed by atoms with Crippen LogP contribution in [0.15, 0.2) is 12.4 Å². The summed E-state index contributed by atoms with van der Waals surface area (Å²) in [6.45, 7) is 6.70. The fraction of sp³-hybridized carbons (Fsp3) is 0.400. The van der Waals surface area contributed by atoms with E-state index in [0.29, 0.717) is 0 Å². The molecule has 2 heterocycles. The van der Waals surface area contributed by atoms with Gasteiger partial charge in [-0.1, -0.05) is 0 Å². The standard InChI is InChI=1S/C10H15N5/c1-4-15-10(9(11)7(2)13-15)14-6-5-12-8(14)3/h5-6H,4,11H2,1-3H3. The highest BCUT2D eigenvalue weighted by atomic mass is 15.4. The first-order chi connectivity index (χ1) is 7.15. The van der Waals surface area contributed by atoms with E-state index in [1.54, 1.807) is 6.20 Å². The molecule has 5 nitrogen and oxygen atoms in total. The van der Waals surface area contributed by atoms with Gasteiger partial charge in [0, 0.05) is 18.9 Å². The van der Waals surface area contributed by atoms with Crippen LogP contribution in [0.4, 0.5) is 5.69 Å². The molecule has 2 N–H and O–H groups in total. The van der Waals surface area contributed by atoms with Crippen molar-refractivity contribution < 1.29 is 0 Å². The fourth-order valence-corrected chi connectivity index (χ4v) is 1.66. The van der Waals surface area contributed by atoms with Crippen LogP contribution >= 0.6 is 0 Å². The molecule has 0 bridgehead atoms. The molecule has 0 aliphatic heterocycles. The Balaban J connectivity index is 2.66. The number of aromatic nitrogens is 4. The molecule has 0 spiro atoms. The molecule has 0 saturated heterocycles. The van der Waals surface area contributed by atoms with Crippen molar-refractivity contribution in [1.29, 1.82) is 0 Å². The van der Waals surface area contributed by atoms with E-state index >= 15 is 0 Å². The lowest BCUT2D eigenvalue weighted by atomic mass is 10.4. The number of imidazole rings is 1. The van der Waals surface area contributed by atoms with Crippen LogP contribution in [0.5, 0.6) is 0 Å². The molecule has 0 fully saturated rings. The number of anilines is 1. The molecule has 0 radical (unpaired) electrons. The van der Waals surface area contributed by atoms with Crippen LogP contribution in [-0.2, 0) is 6.54 Å². The van der Waals surface area contributed by atoms with Crippen LogP contribution in [0.2, 0.25) is 0 Å². The molecule has 80 valence electrons. The highest BCUT2D eigenvalue weighted by Crippen LogP contribution is 2.21. The van der Waals surface area contributed by atoms with E-state index in [4.69, 9.17) is 5.73 Å². The third-order valence-electron chi connectivity index (χ3n) is 2.50. The van der Waals surface area contributed by atoms with E-state index in [-0.39, 0.29) is 0 Å². The maximum absolute atomic E-state index is 6.01. The van der Waals surface area contributed by atoms with Crippen molar-refractivity contribution in [3.8, 4) is 5.82 Å². The first-order valence-corrected chi connectivity index (χ1v) is 4.98. The van der Waals surface area contributed by atoms with Gasteiger partial charge in [0.15, 0.2) is 5.82 Å². The SMILES string of the molecule is CCn1nc(C)c(N)c1-n1ccnc1C. The largest absolute Gasteiger partial charge is 0.394 e. The second-order valence-corrected chi connectivity index (χ2v) is 3.48. The van der Waals surface area contributed by atoms with Crippen molar-refractivity contribution in [1.82, 2.24) is 19.3 Å². The van der Waals surface area contributed by atoms with Gasteiger partial charge in [0.2, 0.25) is 0 Å². The number of hydrogen-bond donors (Lipinski definition) is 1. The molecule has 2 aromatic rings. The molecule has 0 unspecified atom stereocenters. The molecule has 0 saturated carbocycles. The lowest BCUT2D eigenvalue weighted by Gasteiger charge is -2.08. The van der Waals surface area contributed by atoms with Gasteiger partial charge in [0.25, 0.3) is 0 Å². The van der Waals surface area contributed by atoms with E-state index in [0.717, 1.165) is 29.6 Å². The molecule has 0 aromatic carbocycles. The Kier molecular flexibility index (Phi) is 2.22. The molecule has 0 amide bonds. The molecule has 0 aliphatic carbocycles. The Hall–Kier alpha value is -1.78. The lowest BCUT2D eigenvalue weighted by molar-refractivity contribution is 0.630. The zero-order chi connectivity index (χ0) is 11.0. The molecule has 0 atom stereocenters. The minimum absolute atomic E-state index is 0.720. The zero-order valence-electron chi connectivity index (χ0n) is 9.23. The third-order valence-corrected chi connectivity index (χ3v) is 2.50. The monoisotopic (exact) mass is 205 g/mol. The Labute approximate surface area is 88.5 Å². The maximum Gasteiger partial charge on any atom is 0.160 e. The topological polar surface area (TPSA) is 61.7 Å². The van der Waals surface area contributed by atoms with Crippen LogP contribution in [0.25, 0.3) is 5.82 Å². The predicted molar refractivity (Wildman–Crippen MR) is 58.9 cm³/mol. The van der Waals surface area contributed by atoms with E-state index in [2.05, 4.69) is 10.1 Å². The number of nitrogens with zero attached hydrogens (tertiary/aromatic N) is 4. The Morgan fingerprint density at radius 1 is 1.40 bits per heavy atom. The highest BCUT2D eigenvalue weighted by molar-refractivity contribution is 5.57. The van der Waals surface area contributed by atoms with E-state index in [9.17, 15) is 0 Å². The van der Waals surface area contributed by atoms with E-state index < -0.39 is 0 Å². The van der Waals surface area contributed by atoms with Crippen LogP contribution in [0, 0.1) is 13.8 Å². The first-order valence-electron chi connectivity index (χ1n) is 4.98. The Morgan fingerprint density at radius 3 is 2.67 bits per heavy atom. The molecule has 15 heavy (non-hydrogen) atoms. The van der Waals surface area contributed by atoms with Crippen molar-refractivity contribution in [3.63, 3.8) is 0 Å². The average Bonchev–Trinajstić information content (AvgIpc) is 2.73. The van der Waals surface area contributed by atoms with Crippen molar-refractivity contribution in [2.24, 2.45) is 0 Å². The van der Waals surface area contributed by atoms with Crippen LogP contribution in [-0.4, -0.2) is 19.3 Å². The zero-order valence-corrected chi connectivity index (χ0v) is 9.23. The van der Waals surface area contributed by atoms with Crippen LogP contribution in [0.1, 0.15) is 18.4 Å². The summed E-state index contributed by atoms with van der Waals surface area (Å²) >= 11 is 0. The van der Waals surface area contributed by atoms with Gasteiger partial charge < -0.3 is 5.73 Å². The maximum atomic E-state index is 6.01. The summed E-state index contributed by atoms with van der Waals surface area (Å²) in [6, 6.07) is 0. The second kappa shape index (κ2) is 3.42. The van der Waals surface area contributed by atoms with Crippen molar-refractivity contribution in [3.05, 3.63) is 23.9 Å². The number of aryl methyl sites for hydroxylation is 3. The van der Waals surface area contributed by atoms with Gasteiger partial charge in [-0.2, -0.15) is 5.10 Å². The van der Waals surface area contributed by atoms with Crippen molar-refractivity contribution >= 4 is 5.69 Å². The van der Waals surface area contributed by atoms with Gasteiger partial charge in [0.1, 0.15) is 5.82 Å². The summed E-state index contributed by atoms with van der Waals surface area (Å²) < 4.78 is 3.85. The first kappa shape index (κ1) is 9.76. The second-order valence-electron chi connectivity index (χ2n) is 3.48. The van der Waals surface area contributed by atoms with Gasteiger partial charge in [-0.25, -0.2) is 9.67 Å². The van der Waals surface area contributed by atoms with Gasteiger partial charge in [-0.3, -0.25) is 4.57 Å². The Morgan fingerprint density at radius 2 is 2.13 bits per heavy atom. The molecule has 2 rings (SSSR count). The number of rotatable bonds is 2. The number of hydrogen-bond acceptors (Lipinski definition) is 3.